The van der Waals surface area contributed by atoms with Gasteiger partial charge in [0.25, 0.3) is 0 Å². The molecule has 158 valence electrons. The average Bonchev–Trinajstić information content (AvgIpc) is 2.69. The highest BCUT2D eigenvalue weighted by molar-refractivity contribution is 7.89. The molecule has 0 aromatic heterocycles. The van der Waals surface area contributed by atoms with Gasteiger partial charge in [0.1, 0.15) is 18.2 Å². The Morgan fingerprint density at radius 2 is 1.66 bits per heavy atom. The number of halogens is 1. The van der Waals surface area contributed by atoms with E-state index in [-0.39, 0.29) is 29.4 Å². The molecule has 0 saturated heterocycles. The zero-order chi connectivity index (χ0) is 21.6. The minimum Gasteiger partial charge on any atom is -0.492 e. The Morgan fingerprint density at radius 1 is 1.07 bits per heavy atom. The van der Waals surface area contributed by atoms with Gasteiger partial charge in [-0.3, -0.25) is 0 Å². The van der Waals surface area contributed by atoms with E-state index < -0.39 is 10.0 Å². The van der Waals surface area contributed by atoms with Gasteiger partial charge in [-0.1, -0.05) is 0 Å². The summed E-state index contributed by atoms with van der Waals surface area (Å²) in [6.45, 7) is 4.15. The topological polar surface area (TPSA) is 79.0 Å². The lowest BCUT2D eigenvalue weighted by Crippen LogP contribution is -2.34. The van der Waals surface area contributed by atoms with Crippen LogP contribution in [0.3, 0.4) is 0 Å². The second kappa shape index (κ2) is 9.71. The normalized spacial score (nSPS) is 11.6. The van der Waals surface area contributed by atoms with Gasteiger partial charge in [0.05, 0.1) is 11.4 Å². The molecule has 0 bridgehead atoms. The number of anilines is 1. The number of hydrogen-bond acceptors (Lipinski definition) is 4. The third-order valence-corrected chi connectivity index (χ3v) is 6.41. The van der Waals surface area contributed by atoms with E-state index in [0.717, 1.165) is 0 Å². The monoisotopic (exact) mass is 423 g/mol. The van der Waals surface area contributed by atoms with Crippen molar-refractivity contribution in [3.8, 4) is 5.75 Å². The van der Waals surface area contributed by atoms with Crippen LogP contribution in [0.25, 0.3) is 0 Å². The van der Waals surface area contributed by atoms with Crippen LogP contribution in [-0.2, 0) is 10.0 Å². The summed E-state index contributed by atoms with van der Waals surface area (Å²) in [6, 6.07) is 11.1. The van der Waals surface area contributed by atoms with Crippen LogP contribution in [0.5, 0.6) is 5.75 Å². The first-order chi connectivity index (χ1) is 13.6. The van der Waals surface area contributed by atoms with E-state index in [4.69, 9.17) is 4.74 Å². The third-order valence-electron chi connectivity index (χ3n) is 4.37. The van der Waals surface area contributed by atoms with Crippen molar-refractivity contribution in [2.45, 2.75) is 24.8 Å². The van der Waals surface area contributed by atoms with E-state index in [1.54, 1.807) is 33.0 Å². The van der Waals surface area contributed by atoms with Gasteiger partial charge in [-0.15, -0.1) is 0 Å². The molecule has 0 fully saturated rings. The van der Waals surface area contributed by atoms with Crippen molar-refractivity contribution in [2.75, 3.05) is 32.6 Å². The Bertz CT molecular complexity index is 916. The zero-order valence-corrected chi connectivity index (χ0v) is 17.7. The van der Waals surface area contributed by atoms with Crippen LogP contribution < -0.4 is 10.1 Å². The molecule has 0 aliphatic heterocycles. The van der Waals surface area contributed by atoms with Crippen molar-refractivity contribution < 1.29 is 22.3 Å². The first-order valence-electron chi connectivity index (χ1n) is 9.10. The lowest BCUT2D eigenvalue weighted by atomic mass is 10.3. The van der Waals surface area contributed by atoms with Crippen LogP contribution in [0.2, 0.25) is 0 Å². The van der Waals surface area contributed by atoms with E-state index in [1.807, 2.05) is 0 Å². The van der Waals surface area contributed by atoms with E-state index in [9.17, 15) is 17.6 Å². The van der Waals surface area contributed by atoms with Crippen molar-refractivity contribution in [3.63, 3.8) is 0 Å². The molecule has 0 saturated carbocycles. The van der Waals surface area contributed by atoms with E-state index in [2.05, 4.69) is 5.32 Å². The van der Waals surface area contributed by atoms with Gasteiger partial charge < -0.3 is 15.0 Å². The van der Waals surface area contributed by atoms with Gasteiger partial charge in [-0.2, -0.15) is 4.31 Å². The molecular weight excluding hydrogens is 397 g/mol. The van der Waals surface area contributed by atoms with Crippen LogP contribution in [0, 0.1) is 5.82 Å². The highest BCUT2D eigenvalue weighted by Crippen LogP contribution is 2.19. The smallest absolute Gasteiger partial charge is 0.321 e. The largest absolute Gasteiger partial charge is 0.492 e. The Hall–Kier alpha value is -2.65. The zero-order valence-electron chi connectivity index (χ0n) is 16.9. The lowest BCUT2D eigenvalue weighted by molar-refractivity contribution is 0.207. The molecule has 0 radical (unpaired) electrons. The summed E-state index contributed by atoms with van der Waals surface area (Å²) in [7, 11) is -0.433. The first kappa shape index (κ1) is 22.6. The maximum atomic E-state index is 12.9. The molecule has 0 spiro atoms. The molecule has 0 aliphatic rings. The maximum absolute atomic E-state index is 12.9. The number of benzene rings is 2. The number of likely N-dealkylation sites (N-methyl/N-ethyl adjacent to an activating group) is 1. The van der Waals surface area contributed by atoms with Crippen LogP contribution in [-0.4, -0.2) is 56.9 Å². The number of sulfonamides is 1. The predicted octanol–water partition coefficient (Wildman–Crippen LogP) is 3.40. The molecule has 7 nitrogen and oxygen atoms in total. The number of carbonyl (C=O) groups is 1. The van der Waals surface area contributed by atoms with Crippen molar-refractivity contribution in [3.05, 3.63) is 54.3 Å². The SMILES string of the molecule is CC(C)N(C)S(=O)(=O)c1ccc(NC(=O)N(C)CCOc2ccc(F)cc2)cc1. The molecule has 0 unspecified atom stereocenters. The number of rotatable bonds is 8. The fourth-order valence-electron chi connectivity index (χ4n) is 2.31. The lowest BCUT2D eigenvalue weighted by Gasteiger charge is -2.21. The van der Waals surface area contributed by atoms with Crippen LogP contribution in [0.15, 0.2) is 53.4 Å². The quantitative estimate of drug-likeness (QED) is 0.706. The van der Waals surface area contributed by atoms with Gasteiger partial charge in [-0.25, -0.2) is 17.6 Å². The van der Waals surface area contributed by atoms with Crippen LogP contribution in [0.4, 0.5) is 14.9 Å². The van der Waals surface area contributed by atoms with E-state index in [0.29, 0.717) is 18.0 Å². The van der Waals surface area contributed by atoms with Crippen molar-refractivity contribution in [2.24, 2.45) is 0 Å². The van der Waals surface area contributed by atoms with Gasteiger partial charge in [-0.05, 0) is 62.4 Å². The van der Waals surface area contributed by atoms with Gasteiger partial charge in [0.15, 0.2) is 0 Å². The maximum Gasteiger partial charge on any atom is 0.321 e. The molecule has 2 rings (SSSR count). The molecule has 2 aromatic rings. The summed E-state index contributed by atoms with van der Waals surface area (Å²) in [6.07, 6.45) is 0. The fraction of sp³-hybridized carbons (Fsp3) is 0.350. The Balaban J connectivity index is 1.88. The molecule has 0 aliphatic carbocycles. The number of amides is 2. The van der Waals surface area contributed by atoms with Crippen molar-refractivity contribution in [1.29, 1.82) is 0 Å². The van der Waals surface area contributed by atoms with Crippen LogP contribution >= 0.6 is 0 Å². The van der Waals surface area contributed by atoms with E-state index >= 15 is 0 Å². The standard InChI is InChI=1S/C20H26FN3O4S/c1-15(2)24(4)29(26,27)19-11-7-17(8-12-19)22-20(25)23(3)13-14-28-18-9-5-16(21)6-10-18/h5-12,15H,13-14H2,1-4H3,(H,22,25). The molecular formula is C20H26FN3O4S. The number of urea groups is 1. The molecule has 29 heavy (non-hydrogen) atoms. The molecule has 2 amide bonds. The predicted molar refractivity (Wildman–Crippen MR) is 110 cm³/mol. The molecule has 0 heterocycles. The Labute approximate surface area is 171 Å². The fourth-order valence-corrected chi connectivity index (χ4v) is 3.67. The Morgan fingerprint density at radius 3 is 2.21 bits per heavy atom. The summed E-state index contributed by atoms with van der Waals surface area (Å²) >= 11 is 0. The highest BCUT2D eigenvalue weighted by Gasteiger charge is 2.22. The number of carbonyl (C=O) groups excluding carboxylic acids is 1. The molecule has 9 heteroatoms. The minimum absolute atomic E-state index is 0.160. The highest BCUT2D eigenvalue weighted by atomic mass is 32.2. The van der Waals surface area contributed by atoms with Gasteiger partial charge in [0, 0.05) is 25.8 Å². The Kier molecular flexibility index (Phi) is 7.58. The summed E-state index contributed by atoms with van der Waals surface area (Å²) in [5.41, 5.74) is 0.479. The first-order valence-corrected chi connectivity index (χ1v) is 10.5. The third kappa shape index (κ3) is 6.16. The number of nitrogens with one attached hydrogen (secondary N) is 1. The van der Waals surface area contributed by atoms with Gasteiger partial charge >= 0.3 is 6.03 Å². The summed E-state index contributed by atoms with van der Waals surface area (Å²) < 4.78 is 44.5. The average molecular weight is 424 g/mol. The van der Waals surface area contributed by atoms with E-state index in [1.165, 1.54) is 52.7 Å². The second-order valence-corrected chi connectivity index (χ2v) is 8.79. The van der Waals surface area contributed by atoms with Gasteiger partial charge in [0.2, 0.25) is 10.0 Å². The second-order valence-electron chi connectivity index (χ2n) is 6.79. The minimum atomic E-state index is -3.57. The summed E-state index contributed by atoms with van der Waals surface area (Å²) in [5.74, 6) is 0.173. The summed E-state index contributed by atoms with van der Waals surface area (Å²) in [5, 5.41) is 2.70. The number of ether oxygens (including phenoxy) is 1. The van der Waals surface area contributed by atoms with Crippen molar-refractivity contribution in [1.82, 2.24) is 9.21 Å². The number of nitrogens with zero attached hydrogens (tertiary/aromatic N) is 2. The molecule has 0 atom stereocenters. The molecule has 1 N–H and O–H groups in total. The van der Waals surface area contributed by atoms with Crippen LogP contribution in [0.1, 0.15) is 13.8 Å². The summed E-state index contributed by atoms with van der Waals surface area (Å²) in [4.78, 5) is 13.9. The van der Waals surface area contributed by atoms with Crippen molar-refractivity contribution >= 4 is 21.7 Å². The molecule has 2 aromatic carbocycles. The number of hydrogen-bond donors (Lipinski definition) is 1.